The van der Waals surface area contributed by atoms with Crippen LogP contribution < -0.4 is 9.47 Å². The van der Waals surface area contributed by atoms with E-state index < -0.39 is 0 Å². The van der Waals surface area contributed by atoms with Gasteiger partial charge >= 0.3 is 0 Å². The highest BCUT2D eigenvalue weighted by atomic mass is 16.5. The first-order valence-corrected chi connectivity index (χ1v) is 10.1. The van der Waals surface area contributed by atoms with E-state index in [4.69, 9.17) is 14.0 Å². The minimum atomic E-state index is -0.0686. The highest BCUT2D eigenvalue weighted by molar-refractivity contribution is 5.91. The number of carbonyl (C=O) groups excluding carboxylic acids is 1. The van der Waals surface area contributed by atoms with E-state index in [2.05, 4.69) is 5.16 Å². The average Bonchev–Trinajstić information content (AvgIpc) is 3.09. The number of amides is 1. The highest BCUT2D eigenvalue weighted by Crippen LogP contribution is 2.30. The first-order valence-electron chi connectivity index (χ1n) is 10.1. The maximum atomic E-state index is 12.5. The van der Waals surface area contributed by atoms with Crippen molar-refractivity contribution >= 4 is 12.0 Å². The molecule has 6 nitrogen and oxygen atoms in total. The third-order valence-electron chi connectivity index (χ3n) is 5.20. The SMILES string of the molecule is COc1cc(/C=C/C(=O)N(C)Cc2ccccc2C)ccc1OCc1c(C)noc1C. The Morgan fingerprint density at radius 1 is 1.13 bits per heavy atom. The van der Waals surface area contributed by atoms with Crippen LogP contribution in [0.2, 0.25) is 0 Å². The van der Waals surface area contributed by atoms with Gasteiger partial charge in [0.25, 0.3) is 0 Å². The summed E-state index contributed by atoms with van der Waals surface area (Å²) in [6.45, 7) is 6.69. The van der Waals surface area contributed by atoms with Crippen molar-refractivity contribution in [3.63, 3.8) is 0 Å². The largest absolute Gasteiger partial charge is 0.493 e. The normalized spacial score (nSPS) is 11.0. The van der Waals surface area contributed by atoms with Crippen LogP contribution in [0.5, 0.6) is 11.5 Å². The third kappa shape index (κ3) is 5.54. The Hall–Kier alpha value is -3.54. The lowest BCUT2D eigenvalue weighted by Crippen LogP contribution is -2.24. The predicted molar refractivity (Wildman–Crippen MR) is 120 cm³/mol. The Labute approximate surface area is 183 Å². The zero-order valence-electron chi connectivity index (χ0n) is 18.6. The molecule has 0 aliphatic heterocycles. The number of ether oxygens (including phenoxy) is 2. The fourth-order valence-electron chi connectivity index (χ4n) is 3.18. The number of benzene rings is 2. The van der Waals surface area contributed by atoms with Gasteiger partial charge in [-0.05, 0) is 55.7 Å². The van der Waals surface area contributed by atoms with Gasteiger partial charge in [-0.3, -0.25) is 4.79 Å². The van der Waals surface area contributed by atoms with Gasteiger partial charge in [0.15, 0.2) is 11.5 Å². The standard InChI is InChI=1S/C25H28N2O4/c1-17-8-6-7-9-21(17)15-27(4)25(28)13-11-20-10-12-23(24(14-20)29-5)30-16-22-18(2)26-31-19(22)3/h6-14H,15-16H2,1-5H3/b13-11+. The molecule has 0 saturated carbocycles. The molecule has 3 aromatic rings. The summed E-state index contributed by atoms with van der Waals surface area (Å²) in [5.41, 5.74) is 4.88. The van der Waals surface area contributed by atoms with Crippen molar-refractivity contribution in [2.45, 2.75) is 33.9 Å². The molecular formula is C25H28N2O4. The van der Waals surface area contributed by atoms with Gasteiger partial charge in [-0.1, -0.05) is 35.5 Å². The van der Waals surface area contributed by atoms with E-state index in [1.54, 1.807) is 31.2 Å². The summed E-state index contributed by atoms with van der Waals surface area (Å²) in [6.07, 6.45) is 3.34. The average molecular weight is 421 g/mol. The summed E-state index contributed by atoms with van der Waals surface area (Å²) in [7, 11) is 3.39. The van der Waals surface area contributed by atoms with Crippen LogP contribution in [0, 0.1) is 20.8 Å². The molecule has 0 saturated heterocycles. The lowest BCUT2D eigenvalue weighted by atomic mass is 10.1. The molecule has 3 rings (SSSR count). The van der Waals surface area contributed by atoms with Crippen molar-refractivity contribution in [1.29, 1.82) is 0 Å². The molecular weight excluding hydrogens is 392 g/mol. The first kappa shape index (κ1) is 22.2. The molecule has 0 aliphatic rings. The second-order valence-electron chi connectivity index (χ2n) is 7.46. The summed E-state index contributed by atoms with van der Waals surface area (Å²) < 4.78 is 16.5. The van der Waals surface area contributed by atoms with Crippen LogP contribution in [0.15, 0.2) is 53.1 Å². The number of likely N-dealkylation sites (N-methyl/N-ethyl adjacent to an activating group) is 1. The Kier molecular flexibility index (Phi) is 7.13. The molecule has 0 fully saturated rings. The van der Waals surface area contributed by atoms with Crippen molar-refractivity contribution in [3.05, 3.63) is 82.2 Å². The number of hydrogen-bond donors (Lipinski definition) is 0. The topological polar surface area (TPSA) is 64.8 Å². The number of methoxy groups -OCH3 is 1. The fourth-order valence-corrected chi connectivity index (χ4v) is 3.18. The van der Waals surface area contributed by atoms with Crippen molar-refractivity contribution in [3.8, 4) is 11.5 Å². The molecule has 31 heavy (non-hydrogen) atoms. The maximum Gasteiger partial charge on any atom is 0.246 e. The van der Waals surface area contributed by atoms with Gasteiger partial charge in [0.2, 0.25) is 5.91 Å². The lowest BCUT2D eigenvalue weighted by Gasteiger charge is -2.16. The lowest BCUT2D eigenvalue weighted by molar-refractivity contribution is -0.125. The van der Waals surface area contributed by atoms with E-state index in [0.29, 0.717) is 24.7 Å². The Bertz CT molecular complexity index is 1070. The van der Waals surface area contributed by atoms with E-state index in [1.807, 2.05) is 63.2 Å². The molecule has 0 bridgehead atoms. The van der Waals surface area contributed by atoms with E-state index in [1.165, 1.54) is 5.56 Å². The van der Waals surface area contributed by atoms with Crippen LogP contribution in [0.3, 0.4) is 0 Å². The fraction of sp³-hybridized carbons (Fsp3) is 0.280. The second kappa shape index (κ2) is 9.98. The van der Waals surface area contributed by atoms with Crippen LogP contribution in [0.1, 0.15) is 33.7 Å². The molecule has 6 heteroatoms. The zero-order chi connectivity index (χ0) is 22.4. The van der Waals surface area contributed by atoms with Gasteiger partial charge in [-0.25, -0.2) is 0 Å². The van der Waals surface area contributed by atoms with Gasteiger partial charge in [0, 0.05) is 19.7 Å². The van der Waals surface area contributed by atoms with Crippen LogP contribution in [0.25, 0.3) is 6.08 Å². The van der Waals surface area contributed by atoms with E-state index in [0.717, 1.165) is 28.1 Å². The number of rotatable bonds is 8. The van der Waals surface area contributed by atoms with Gasteiger partial charge in [-0.2, -0.15) is 0 Å². The summed E-state index contributed by atoms with van der Waals surface area (Å²) in [5, 5.41) is 3.94. The summed E-state index contributed by atoms with van der Waals surface area (Å²) in [5.74, 6) is 1.88. The first-order chi connectivity index (χ1) is 14.9. The van der Waals surface area contributed by atoms with Gasteiger partial charge in [-0.15, -0.1) is 0 Å². The summed E-state index contributed by atoms with van der Waals surface area (Å²) in [6, 6.07) is 13.6. The number of aryl methyl sites for hydroxylation is 3. The quantitative estimate of drug-likeness (QED) is 0.487. The minimum Gasteiger partial charge on any atom is -0.493 e. The van der Waals surface area contributed by atoms with Crippen LogP contribution in [-0.2, 0) is 17.9 Å². The van der Waals surface area contributed by atoms with Gasteiger partial charge < -0.3 is 18.9 Å². The Morgan fingerprint density at radius 2 is 1.90 bits per heavy atom. The molecule has 0 unspecified atom stereocenters. The van der Waals surface area contributed by atoms with Crippen LogP contribution in [0.4, 0.5) is 0 Å². The van der Waals surface area contributed by atoms with Crippen molar-refractivity contribution in [1.82, 2.24) is 10.1 Å². The summed E-state index contributed by atoms with van der Waals surface area (Å²) in [4.78, 5) is 14.2. The molecule has 1 amide bonds. The van der Waals surface area contributed by atoms with Gasteiger partial charge in [0.1, 0.15) is 12.4 Å². The smallest absolute Gasteiger partial charge is 0.246 e. The number of carbonyl (C=O) groups is 1. The Morgan fingerprint density at radius 3 is 2.58 bits per heavy atom. The van der Waals surface area contributed by atoms with E-state index in [9.17, 15) is 4.79 Å². The molecule has 1 aromatic heterocycles. The molecule has 1 heterocycles. The molecule has 0 atom stereocenters. The zero-order valence-corrected chi connectivity index (χ0v) is 18.6. The number of hydrogen-bond acceptors (Lipinski definition) is 5. The Balaban J connectivity index is 1.65. The monoisotopic (exact) mass is 420 g/mol. The summed E-state index contributed by atoms with van der Waals surface area (Å²) >= 11 is 0. The second-order valence-corrected chi connectivity index (χ2v) is 7.46. The number of aromatic nitrogens is 1. The highest BCUT2D eigenvalue weighted by Gasteiger charge is 2.12. The number of nitrogens with zero attached hydrogens (tertiary/aromatic N) is 2. The van der Waals surface area contributed by atoms with Gasteiger partial charge in [0.05, 0.1) is 18.4 Å². The van der Waals surface area contributed by atoms with Crippen LogP contribution in [-0.4, -0.2) is 30.1 Å². The molecule has 2 aromatic carbocycles. The minimum absolute atomic E-state index is 0.0686. The maximum absolute atomic E-state index is 12.5. The molecule has 0 N–H and O–H groups in total. The van der Waals surface area contributed by atoms with E-state index >= 15 is 0 Å². The van der Waals surface area contributed by atoms with Crippen LogP contribution >= 0.6 is 0 Å². The third-order valence-corrected chi connectivity index (χ3v) is 5.20. The molecule has 0 spiro atoms. The molecule has 162 valence electrons. The van der Waals surface area contributed by atoms with Crippen molar-refractivity contribution in [2.75, 3.05) is 14.2 Å². The van der Waals surface area contributed by atoms with E-state index in [-0.39, 0.29) is 5.91 Å². The molecule has 0 radical (unpaired) electrons. The predicted octanol–water partition coefficient (Wildman–Crippen LogP) is 4.86. The van der Waals surface area contributed by atoms with Crippen molar-refractivity contribution in [2.24, 2.45) is 0 Å². The van der Waals surface area contributed by atoms with Crippen molar-refractivity contribution < 1.29 is 18.8 Å². The molecule has 0 aliphatic carbocycles.